The summed E-state index contributed by atoms with van der Waals surface area (Å²) in [7, 11) is 0. The summed E-state index contributed by atoms with van der Waals surface area (Å²) in [6, 6.07) is 6.98. The predicted octanol–water partition coefficient (Wildman–Crippen LogP) is 3.13. The van der Waals surface area contributed by atoms with Crippen LogP contribution >= 0.6 is 11.8 Å². The Hall–Kier alpha value is -1.69. The Morgan fingerprint density at radius 2 is 1.85 bits per heavy atom. The first-order valence-electron chi connectivity index (χ1n) is 6.29. The van der Waals surface area contributed by atoms with Crippen LogP contribution in [-0.4, -0.2) is 40.3 Å². The Bertz CT molecular complexity index is 486. The summed E-state index contributed by atoms with van der Waals surface area (Å²) in [4.78, 5) is 25.8. The lowest BCUT2D eigenvalue weighted by Gasteiger charge is -2.34. The number of rotatable bonds is 5. The first-order valence-corrected chi connectivity index (χ1v) is 7.51. The fraction of sp³-hybridized carbons (Fsp3) is 0.429. The fourth-order valence-electron chi connectivity index (χ4n) is 1.77. The van der Waals surface area contributed by atoms with Crippen molar-refractivity contribution in [2.45, 2.75) is 31.2 Å². The smallest absolute Gasteiger partial charge is 0.329 e. The van der Waals surface area contributed by atoms with Crippen LogP contribution in [0.4, 0.5) is 10.5 Å². The van der Waals surface area contributed by atoms with Crippen molar-refractivity contribution >= 4 is 29.4 Å². The second-order valence-corrected chi connectivity index (χ2v) is 5.65. The van der Waals surface area contributed by atoms with Gasteiger partial charge < -0.3 is 15.3 Å². The molecule has 0 saturated heterocycles. The molecule has 20 heavy (non-hydrogen) atoms. The van der Waals surface area contributed by atoms with E-state index in [1.807, 2.05) is 18.4 Å². The molecule has 1 aromatic carbocycles. The first-order chi connectivity index (χ1) is 9.32. The van der Waals surface area contributed by atoms with Gasteiger partial charge in [0.2, 0.25) is 0 Å². The highest BCUT2D eigenvalue weighted by Gasteiger charge is 2.36. The van der Waals surface area contributed by atoms with Gasteiger partial charge in [0.05, 0.1) is 0 Å². The molecule has 0 saturated carbocycles. The summed E-state index contributed by atoms with van der Waals surface area (Å²) in [5, 5.41) is 11.9. The number of anilines is 1. The zero-order chi connectivity index (χ0) is 15.3. The van der Waals surface area contributed by atoms with Crippen molar-refractivity contribution in [2.75, 3.05) is 18.1 Å². The van der Waals surface area contributed by atoms with Crippen molar-refractivity contribution in [2.24, 2.45) is 0 Å². The zero-order valence-corrected chi connectivity index (χ0v) is 13.0. The number of thioether (sulfide) groups is 1. The van der Waals surface area contributed by atoms with Crippen molar-refractivity contribution in [1.82, 2.24) is 4.90 Å². The van der Waals surface area contributed by atoms with Gasteiger partial charge in [-0.25, -0.2) is 9.59 Å². The number of urea groups is 1. The number of carboxylic acid groups (broad SMARTS) is 1. The third-order valence-electron chi connectivity index (χ3n) is 3.10. The van der Waals surface area contributed by atoms with E-state index in [4.69, 9.17) is 0 Å². The molecule has 6 heteroatoms. The molecule has 110 valence electrons. The second-order valence-electron chi connectivity index (χ2n) is 4.77. The van der Waals surface area contributed by atoms with Crippen molar-refractivity contribution in [1.29, 1.82) is 0 Å². The number of amides is 2. The van der Waals surface area contributed by atoms with E-state index in [0.717, 1.165) is 4.90 Å². The van der Waals surface area contributed by atoms with Crippen molar-refractivity contribution in [3.8, 4) is 0 Å². The van der Waals surface area contributed by atoms with Crippen LogP contribution in [0, 0.1) is 0 Å². The molecule has 2 amide bonds. The standard InChI is InChI=1S/C14H20N2O3S/c1-5-16(14(2,3)12(17)18)13(19)15-10-6-8-11(20-4)9-7-10/h6-9H,5H2,1-4H3,(H,15,19)(H,17,18). The molecule has 0 radical (unpaired) electrons. The SMILES string of the molecule is CCN(C(=O)Nc1ccc(SC)cc1)C(C)(C)C(=O)O. The Kier molecular flexibility index (Phi) is 5.44. The van der Waals surface area contributed by atoms with Crippen LogP contribution in [0.2, 0.25) is 0 Å². The molecule has 0 bridgehead atoms. The molecule has 0 aromatic heterocycles. The number of carboxylic acids is 1. The van der Waals surface area contributed by atoms with Gasteiger partial charge in [0, 0.05) is 17.1 Å². The van der Waals surface area contributed by atoms with Crippen LogP contribution in [0.25, 0.3) is 0 Å². The Balaban J connectivity index is 2.84. The number of likely N-dealkylation sites (N-methyl/N-ethyl adjacent to an activating group) is 1. The quantitative estimate of drug-likeness (QED) is 0.819. The summed E-state index contributed by atoms with van der Waals surface area (Å²) in [6.45, 7) is 5.08. The van der Waals surface area contributed by atoms with Gasteiger partial charge in [-0.15, -0.1) is 11.8 Å². The lowest BCUT2D eigenvalue weighted by molar-refractivity contribution is -0.147. The van der Waals surface area contributed by atoms with Crippen molar-refractivity contribution < 1.29 is 14.7 Å². The molecule has 0 aliphatic heterocycles. The summed E-state index contributed by atoms with van der Waals surface area (Å²) in [6.07, 6.45) is 1.97. The number of aliphatic carboxylic acids is 1. The van der Waals surface area contributed by atoms with E-state index in [2.05, 4.69) is 5.32 Å². The van der Waals surface area contributed by atoms with Crippen molar-refractivity contribution in [3.05, 3.63) is 24.3 Å². The highest BCUT2D eigenvalue weighted by Crippen LogP contribution is 2.20. The summed E-state index contributed by atoms with van der Waals surface area (Å²) < 4.78 is 0. The highest BCUT2D eigenvalue weighted by molar-refractivity contribution is 7.98. The van der Waals surface area contributed by atoms with E-state index in [0.29, 0.717) is 12.2 Å². The average Bonchev–Trinajstić information content (AvgIpc) is 2.39. The number of benzene rings is 1. The van der Waals surface area contributed by atoms with Crippen molar-refractivity contribution in [3.63, 3.8) is 0 Å². The van der Waals surface area contributed by atoms with Gasteiger partial charge in [0.25, 0.3) is 0 Å². The number of hydrogen-bond donors (Lipinski definition) is 2. The van der Waals surface area contributed by atoms with E-state index in [-0.39, 0.29) is 0 Å². The highest BCUT2D eigenvalue weighted by atomic mass is 32.2. The van der Waals surface area contributed by atoms with Gasteiger partial charge in [-0.2, -0.15) is 0 Å². The van der Waals surface area contributed by atoms with Gasteiger partial charge in [0.1, 0.15) is 5.54 Å². The molecule has 1 aromatic rings. The van der Waals surface area contributed by atoms with E-state index >= 15 is 0 Å². The Morgan fingerprint density at radius 3 is 2.25 bits per heavy atom. The van der Waals surface area contributed by atoms with Crippen LogP contribution in [0.1, 0.15) is 20.8 Å². The van der Waals surface area contributed by atoms with E-state index < -0.39 is 17.5 Å². The molecule has 0 aliphatic carbocycles. The summed E-state index contributed by atoms with van der Waals surface area (Å²) in [5.41, 5.74) is -0.606. The minimum Gasteiger partial charge on any atom is -0.480 e. The Labute approximate surface area is 123 Å². The van der Waals surface area contributed by atoms with Crippen LogP contribution in [0.3, 0.4) is 0 Å². The maximum Gasteiger partial charge on any atom is 0.329 e. The normalized spacial score (nSPS) is 11.0. The minimum atomic E-state index is -1.25. The minimum absolute atomic E-state index is 0.314. The lowest BCUT2D eigenvalue weighted by Crippen LogP contribution is -2.54. The summed E-state index contributed by atoms with van der Waals surface area (Å²) >= 11 is 1.61. The monoisotopic (exact) mass is 296 g/mol. The van der Waals surface area contributed by atoms with E-state index in [9.17, 15) is 14.7 Å². The van der Waals surface area contributed by atoms with Gasteiger partial charge in [0.15, 0.2) is 0 Å². The number of carbonyl (C=O) groups excluding carboxylic acids is 1. The van der Waals surface area contributed by atoms with Crippen LogP contribution in [0.15, 0.2) is 29.2 Å². The third-order valence-corrected chi connectivity index (χ3v) is 3.84. The third kappa shape index (κ3) is 3.66. The molecule has 0 heterocycles. The molecular weight excluding hydrogens is 276 g/mol. The van der Waals surface area contributed by atoms with Crippen LogP contribution < -0.4 is 5.32 Å². The van der Waals surface area contributed by atoms with E-state index in [1.165, 1.54) is 18.7 Å². The molecule has 0 unspecified atom stereocenters. The van der Waals surface area contributed by atoms with E-state index in [1.54, 1.807) is 30.8 Å². The maximum absolute atomic E-state index is 12.2. The molecule has 0 aliphatic rings. The van der Waals surface area contributed by atoms with Crippen LogP contribution in [-0.2, 0) is 4.79 Å². The molecule has 0 fully saturated rings. The van der Waals surface area contributed by atoms with Gasteiger partial charge in [-0.05, 0) is 51.3 Å². The van der Waals surface area contributed by atoms with Crippen LogP contribution in [0.5, 0.6) is 0 Å². The predicted molar refractivity (Wildman–Crippen MR) is 81.3 cm³/mol. The first kappa shape index (κ1) is 16.4. The number of nitrogens with one attached hydrogen (secondary N) is 1. The zero-order valence-electron chi connectivity index (χ0n) is 12.1. The largest absolute Gasteiger partial charge is 0.480 e. The molecular formula is C14H20N2O3S. The molecule has 0 spiro atoms. The van der Waals surface area contributed by atoms with Gasteiger partial charge in [-0.1, -0.05) is 0 Å². The topological polar surface area (TPSA) is 69.6 Å². The average molecular weight is 296 g/mol. The molecule has 1 rings (SSSR count). The Morgan fingerprint density at radius 1 is 1.30 bits per heavy atom. The number of carbonyl (C=O) groups is 2. The molecule has 2 N–H and O–H groups in total. The maximum atomic E-state index is 12.2. The molecule has 5 nitrogen and oxygen atoms in total. The fourth-order valence-corrected chi connectivity index (χ4v) is 2.18. The second kappa shape index (κ2) is 6.65. The number of nitrogens with zero attached hydrogens (tertiary/aromatic N) is 1. The van der Waals surface area contributed by atoms with Gasteiger partial charge in [-0.3, -0.25) is 0 Å². The van der Waals surface area contributed by atoms with Gasteiger partial charge >= 0.3 is 12.0 Å². The summed E-state index contributed by atoms with van der Waals surface area (Å²) in [5.74, 6) is -1.03. The molecule has 0 atom stereocenters. The lowest BCUT2D eigenvalue weighted by atomic mass is 10.0. The number of hydrogen-bond acceptors (Lipinski definition) is 3.